The molecule has 2 aromatic carbocycles. The van der Waals surface area contributed by atoms with E-state index in [1.807, 2.05) is 0 Å². The van der Waals surface area contributed by atoms with Gasteiger partial charge in [0.05, 0.1) is 11.1 Å². The van der Waals surface area contributed by atoms with Crippen LogP contribution in [0.25, 0.3) is 11.1 Å². The zero-order valence-electron chi connectivity index (χ0n) is 10.1. The van der Waals surface area contributed by atoms with Crippen LogP contribution in [0.3, 0.4) is 0 Å². The minimum atomic E-state index is -1.43. The summed E-state index contributed by atoms with van der Waals surface area (Å²) >= 11 is 0. The minimum absolute atomic E-state index is 0.0193. The van der Waals surface area contributed by atoms with E-state index in [0.29, 0.717) is 0 Å². The van der Waals surface area contributed by atoms with Gasteiger partial charge in [-0.2, -0.15) is 0 Å². The zero-order chi connectivity index (χ0) is 14.9. The van der Waals surface area contributed by atoms with Gasteiger partial charge in [0.25, 0.3) is 0 Å². The van der Waals surface area contributed by atoms with Crippen LogP contribution in [0.2, 0.25) is 0 Å². The summed E-state index contributed by atoms with van der Waals surface area (Å²) in [6.45, 7) is 0. The quantitative estimate of drug-likeness (QED) is 0.637. The minimum Gasteiger partial charge on any atom is -0.504 e. The van der Waals surface area contributed by atoms with Crippen LogP contribution in [0.1, 0.15) is 20.7 Å². The van der Waals surface area contributed by atoms with E-state index in [0.717, 1.165) is 6.07 Å². The van der Waals surface area contributed by atoms with Gasteiger partial charge in [-0.15, -0.1) is 0 Å². The molecule has 0 radical (unpaired) electrons. The van der Waals surface area contributed by atoms with Crippen molar-refractivity contribution in [2.45, 2.75) is 0 Å². The first-order valence-electron chi connectivity index (χ1n) is 5.54. The average Bonchev–Trinajstić information content (AvgIpc) is 2.40. The number of benzene rings is 2. The van der Waals surface area contributed by atoms with E-state index in [2.05, 4.69) is 0 Å². The number of carboxylic acid groups (broad SMARTS) is 2. The zero-order valence-corrected chi connectivity index (χ0v) is 10.1. The highest BCUT2D eigenvalue weighted by molar-refractivity contribution is 6.07. The fraction of sp³-hybridized carbons (Fsp3) is 0. The third-order valence-corrected chi connectivity index (χ3v) is 2.81. The van der Waals surface area contributed by atoms with Crippen molar-refractivity contribution in [3.63, 3.8) is 0 Å². The van der Waals surface area contributed by atoms with Crippen molar-refractivity contribution in [3.8, 4) is 22.6 Å². The van der Waals surface area contributed by atoms with Gasteiger partial charge in [-0.1, -0.05) is 24.3 Å². The Morgan fingerprint density at radius 1 is 0.800 bits per heavy atom. The molecular formula is C14H10O6. The predicted octanol–water partition coefficient (Wildman–Crippen LogP) is 2.16. The highest BCUT2D eigenvalue weighted by atomic mass is 16.4. The summed E-state index contributed by atoms with van der Waals surface area (Å²) in [6.07, 6.45) is 0. The number of para-hydroxylation sites is 1. The van der Waals surface area contributed by atoms with Crippen LogP contribution in [0.15, 0.2) is 36.4 Å². The fourth-order valence-corrected chi connectivity index (χ4v) is 1.93. The Balaban J connectivity index is 2.81. The van der Waals surface area contributed by atoms with Crippen LogP contribution < -0.4 is 0 Å². The molecule has 0 amide bonds. The van der Waals surface area contributed by atoms with Crippen LogP contribution in [0.5, 0.6) is 11.5 Å². The van der Waals surface area contributed by atoms with Gasteiger partial charge in [0.1, 0.15) is 0 Å². The SMILES string of the molecule is O=C(O)c1cccc(-c2cccc(O)c2O)c1C(=O)O. The molecule has 0 fully saturated rings. The lowest BCUT2D eigenvalue weighted by Gasteiger charge is -2.11. The third-order valence-electron chi connectivity index (χ3n) is 2.81. The van der Waals surface area contributed by atoms with Crippen molar-refractivity contribution in [3.05, 3.63) is 47.5 Å². The molecule has 4 N–H and O–H groups in total. The number of aromatic carboxylic acids is 2. The highest BCUT2D eigenvalue weighted by Crippen LogP contribution is 2.38. The summed E-state index contributed by atoms with van der Waals surface area (Å²) in [5, 5.41) is 37.5. The summed E-state index contributed by atoms with van der Waals surface area (Å²) < 4.78 is 0. The maximum absolute atomic E-state index is 11.3. The van der Waals surface area contributed by atoms with Crippen LogP contribution in [0.4, 0.5) is 0 Å². The first kappa shape index (κ1) is 13.4. The van der Waals surface area contributed by atoms with Crippen LogP contribution in [0, 0.1) is 0 Å². The molecule has 0 spiro atoms. The van der Waals surface area contributed by atoms with Crippen molar-refractivity contribution in [2.75, 3.05) is 0 Å². The molecule has 6 heteroatoms. The smallest absolute Gasteiger partial charge is 0.337 e. The lowest BCUT2D eigenvalue weighted by atomic mass is 9.94. The topological polar surface area (TPSA) is 115 Å². The molecule has 0 aromatic heterocycles. The molecule has 102 valence electrons. The van der Waals surface area contributed by atoms with Crippen molar-refractivity contribution in [1.82, 2.24) is 0 Å². The Hall–Kier alpha value is -3.02. The van der Waals surface area contributed by atoms with E-state index >= 15 is 0 Å². The van der Waals surface area contributed by atoms with Gasteiger partial charge < -0.3 is 20.4 Å². The normalized spacial score (nSPS) is 10.2. The van der Waals surface area contributed by atoms with Gasteiger partial charge >= 0.3 is 11.9 Å². The second kappa shape index (κ2) is 4.93. The Morgan fingerprint density at radius 2 is 1.40 bits per heavy atom. The maximum atomic E-state index is 11.3. The summed E-state index contributed by atoms with van der Waals surface area (Å²) in [7, 11) is 0. The van der Waals surface area contributed by atoms with Gasteiger partial charge in [-0.05, 0) is 12.1 Å². The Kier molecular flexibility index (Phi) is 3.30. The number of hydrogen-bond acceptors (Lipinski definition) is 4. The summed E-state index contributed by atoms with van der Waals surface area (Å²) in [4.78, 5) is 22.4. The number of carbonyl (C=O) groups is 2. The van der Waals surface area contributed by atoms with Crippen molar-refractivity contribution < 1.29 is 30.0 Å². The number of phenolic OH excluding ortho intramolecular Hbond substituents is 2. The molecule has 0 heterocycles. The van der Waals surface area contributed by atoms with Crippen LogP contribution >= 0.6 is 0 Å². The molecule has 0 saturated heterocycles. The van der Waals surface area contributed by atoms with Gasteiger partial charge in [-0.25, -0.2) is 9.59 Å². The van der Waals surface area contributed by atoms with Crippen molar-refractivity contribution in [2.24, 2.45) is 0 Å². The number of hydrogen-bond donors (Lipinski definition) is 4. The van der Waals surface area contributed by atoms with Crippen molar-refractivity contribution in [1.29, 1.82) is 0 Å². The van der Waals surface area contributed by atoms with Gasteiger partial charge in [-0.3, -0.25) is 0 Å². The molecule has 2 rings (SSSR count). The molecule has 0 unspecified atom stereocenters. The van der Waals surface area contributed by atoms with E-state index in [1.165, 1.54) is 30.3 Å². The molecule has 2 aromatic rings. The van der Waals surface area contributed by atoms with E-state index in [4.69, 9.17) is 5.11 Å². The highest BCUT2D eigenvalue weighted by Gasteiger charge is 2.22. The number of aromatic hydroxyl groups is 2. The van der Waals surface area contributed by atoms with Gasteiger partial charge in [0.2, 0.25) is 0 Å². The van der Waals surface area contributed by atoms with E-state index in [9.17, 15) is 24.9 Å². The number of carboxylic acids is 2. The monoisotopic (exact) mass is 274 g/mol. The summed E-state index contributed by atoms with van der Waals surface area (Å²) in [5.41, 5.74) is -0.769. The van der Waals surface area contributed by atoms with Crippen LogP contribution in [-0.2, 0) is 0 Å². The van der Waals surface area contributed by atoms with E-state index < -0.39 is 34.6 Å². The van der Waals surface area contributed by atoms with Crippen LogP contribution in [-0.4, -0.2) is 32.4 Å². The lowest BCUT2D eigenvalue weighted by molar-refractivity contribution is 0.0652. The average molecular weight is 274 g/mol. The largest absolute Gasteiger partial charge is 0.504 e. The first-order chi connectivity index (χ1) is 9.43. The molecule has 20 heavy (non-hydrogen) atoms. The standard InChI is InChI=1S/C14H10O6/c15-10-6-2-4-8(12(10)16)7-3-1-5-9(13(17)18)11(7)14(19)20/h1-6,15-16H,(H,17,18)(H,19,20). The van der Waals surface area contributed by atoms with Gasteiger partial charge in [0, 0.05) is 11.1 Å². The molecule has 0 bridgehead atoms. The number of rotatable bonds is 3. The molecule has 0 aliphatic carbocycles. The Bertz CT molecular complexity index is 705. The Morgan fingerprint density at radius 3 is 2.00 bits per heavy atom. The molecular weight excluding hydrogens is 264 g/mol. The molecule has 0 saturated carbocycles. The van der Waals surface area contributed by atoms with Gasteiger partial charge in [0.15, 0.2) is 11.5 Å². The predicted molar refractivity (Wildman–Crippen MR) is 69.1 cm³/mol. The first-order valence-corrected chi connectivity index (χ1v) is 5.54. The molecule has 0 aliphatic rings. The summed E-state index contributed by atoms with van der Waals surface area (Å²) in [5.74, 6) is -3.73. The Labute approximate surface area is 113 Å². The molecule has 6 nitrogen and oxygen atoms in total. The second-order valence-electron chi connectivity index (χ2n) is 4.01. The fourth-order valence-electron chi connectivity index (χ4n) is 1.93. The summed E-state index contributed by atoms with van der Waals surface area (Å²) in [6, 6.07) is 7.94. The maximum Gasteiger partial charge on any atom is 0.337 e. The number of phenols is 2. The molecule has 0 aliphatic heterocycles. The second-order valence-corrected chi connectivity index (χ2v) is 4.01. The van der Waals surface area contributed by atoms with Crippen molar-refractivity contribution >= 4 is 11.9 Å². The molecule has 0 atom stereocenters. The van der Waals surface area contributed by atoms with E-state index in [1.54, 1.807) is 0 Å². The third kappa shape index (κ3) is 2.14. The van der Waals surface area contributed by atoms with E-state index in [-0.39, 0.29) is 11.1 Å². The lowest BCUT2D eigenvalue weighted by Crippen LogP contribution is -2.09.